The highest BCUT2D eigenvalue weighted by atomic mass is 35.5. The molecule has 1 heterocycles. The molecule has 0 aliphatic carbocycles. The standard InChI is InChI=1S/C18H20ClN3O3/c1-23-11-13-4-2-3-5-15(13)22-18(20)21-10-12-8-14(19)17-16(9-12)24-6-7-25-17/h2-5,8-9H,6-7,10-11H2,1H3,(H3,20,21,22). The molecule has 0 radical (unpaired) electrons. The van der Waals surface area contributed by atoms with Gasteiger partial charge in [0.05, 0.1) is 18.2 Å². The van der Waals surface area contributed by atoms with Crippen LogP contribution in [0.1, 0.15) is 11.1 Å². The summed E-state index contributed by atoms with van der Waals surface area (Å²) in [5.74, 6) is 1.54. The Morgan fingerprint density at radius 1 is 1.28 bits per heavy atom. The third-order valence-electron chi connectivity index (χ3n) is 3.67. The van der Waals surface area contributed by atoms with Crippen LogP contribution in [0, 0.1) is 0 Å². The number of nitrogens with two attached hydrogens (primary N) is 1. The van der Waals surface area contributed by atoms with E-state index in [9.17, 15) is 0 Å². The maximum Gasteiger partial charge on any atom is 0.193 e. The smallest absolute Gasteiger partial charge is 0.193 e. The van der Waals surface area contributed by atoms with Gasteiger partial charge < -0.3 is 25.3 Å². The van der Waals surface area contributed by atoms with Crippen molar-refractivity contribution in [3.8, 4) is 11.5 Å². The van der Waals surface area contributed by atoms with Crippen LogP contribution < -0.4 is 20.5 Å². The number of nitrogens with zero attached hydrogens (tertiary/aromatic N) is 1. The van der Waals surface area contributed by atoms with Crippen LogP contribution in [-0.2, 0) is 17.9 Å². The van der Waals surface area contributed by atoms with Gasteiger partial charge in [-0.2, -0.15) is 0 Å². The molecule has 1 aliphatic rings. The van der Waals surface area contributed by atoms with E-state index in [1.807, 2.05) is 36.4 Å². The van der Waals surface area contributed by atoms with E-state index in [1.165, 1.54) is 0 Å². The van der Waals surface area contributed by atoms with Gasteiger partial charge in [0.1, 0.15) is 13.2 Å². The van der Waals surface area contributed by atoms with E-state index in [4.69, 9.17) is 31.5 Å². The zero-order chi connectivity index (χ0) is 17.6. The Morgan fingerprint density at radius 3 is 2.92 bits per heavy atom. The van der Waals surface area contributed by atoms with Gasteiger partial charge in [-0.05, 0) is 23.8 Å². The number of aliphatic imine (C=N–C) groups is 1. The Balaban J connectivity index is 1.71. The maximum absolute atomic E-state index is 6.23. The van der Waals surface area contributed by atoms with E-state index in [0.29, 0.717) is 48.8 Å². The largest absolute Gasteiger partial charge is 0.486 e. The highest BCUT2D eigenvalue weighted by molar-refractivity contribution is 6.32. The van der Waals surface area contributed by atoms with E-state index in [1.54, 1.807) is 7.11 Å². The first-order valence-electron chi connectivity index (χ1n) is 7.89. The lowest BCUT2D eigenvalue weighted by Crippen LogP contribution is -2.23. The zero-order valence-electron chi connectivity index (χ0n) is 13.9. The number of benzene rings is 2. The molecule has 0 amide bonds. The lowest BCUT2D eigenvalue weighted by atomic mass is 10.2. The van der Waals surface area contributed by atoms with Crippen LogP contribution in [-0.4, -0.2) is 26.3 Å². The summed E-state index contributed by atoms with van der Waals surface area (Å²) in [6.07, 6.45) is 0. The van der Waals surface area contributed by atoms with Gasteiger partial charge in [-0.15, -0.1) is 0 Å². The second-order valence-electron chi connectivity index (χ2n) is 5.52. The molecule has 3 rings (SSSR count). The minimum absolute atomic E-state index is 0.314. The van der Waals surface area contributed by atoms with Crippen molar-refractivity contribution in [3.63, 3.8) is 0 Å². The first kappa shape index (κ1) is 17.4. The van der Waals surface area contributed by atoms with Gasteiger partial charge >= 0.3 is 0 Å². The lowest BCUT2D eigenvalue weighted by molar-refractivity contribution is 0.171. The summed E-state index contributed by atoms with van der Waals surface area (Å²) in [5, 5.41) is 3.61. The normalized spacial score (nSPS) is 13.6. The molecule has 0 saturated carbocycles. The van der Waals surface area contributed by atoms with Gasteiger partial charge in [-0.3, -0.25) is 0 Å². The Labute approximate surface area is 151 Å². The molecule has 0 bridgehead atoms. The summed E-state index contributed by atoms with van der Waals surface area (Å²) in [4.78, 5) is 4.37. The van der Waals surface area contributed by atoms with Gasteiger partial charge in [-0.25, -0.2) is 4.99 Å². The summed E-state index contributed by atoms with van der Waals surface area (Å²) < 4.78 is 16.3. The second-order valence-corrected chi connectivity index (χ2v) is 5.93. The Bertz CT molecular complexity index is 780. The number of ether oxygens (including phenoxy) is 3. The number of hydrogen-bond acceptors (Lipinski definition) is 4. The molecule has 0 unspecified atom stereocenters. The molecule has 0 saturated heterocycles. The number of rotatable bonds is 5. The van der Waals surface area contributed by atoms with Crippen molar-refractivity contribution in [2.24, 2.45) is 10.7 Å². The van der Waals surface area contributed by atoms with Crippen molar-refractivity contribution < 1.29 is 14.2 Å². The molecule has 0 spiro atoms. The van der Waals surface area contributed by atoms with E-state index < -0.39 is 0 Å². The fraction of sp³-hybridized carbons (Fsp3) is 0.278. The number of fused-ring (bicyclic) bond motifs is 1. The number of para-hydroxylation sites is 1. The van der Waals surface area contributed by atoms with Crippen molar-refractivity contribution >= 4 is 23.2 Å². The van der Waals surface area contributed by atoms with E-state index >= 15 is 0 Å². The SMILES string of the molecule is COCc1ccccc1NC(N)=NCc1cc(Cl)c2c(c1)OCCO2. The van der Waals surface area contributed by atoms with Crippen molar-refractivity contribution in [1.29, 1.82) is 0 Å². The summed E-state index contributed by atoms with van der Waals surface area (Å²) in [6, 6.07) is 11.5. The van der Waals surface area contributed by atoms with Crippen molar-refractivity contribution in [1.82, 2.24) is 0 Å². The van der Waals surface area contributed by atoms with Crippen LogP contribution >= 0.6 is 11.6 Å². The molecule has 1 aliphatic heterocycles. The fourth-order valence-electron chi connectivity index (χ4n) is 2.53. The van der Waals surface area contributed by atoms with Crippen molar-refractivity contribution in [3.05, 3.63) is 52.5 Å². The highest BCUT2D eigenvalue weighted by Crippen LogP contribution is 2.38. The molecule has 7 heteroatoms. The maximum atomic E-state index is 6.23. The third-order valence-corrected chi connectivity index (χ3v) is 3.95. The number of guanidine groups is 1. The van der Waals surface area contributed by atoms with Gasteiger partial charge in [0.15, 0.2) is 17.5 Å². The molecule has 2 aromatic carbocycles. The predicted molar refractivity (Wildman–Crippen MR) is 98.5 cm³/mol. The van der Waals surface area contributed by atoms with Crippen molar-refractivity contribution in [2.45, 2.75) is 13.2 Å². The molecular formula is C18H20ClN3O3. The molecule has 132 valence electrons. The Kier molecular flexibility index (Phi) is 5.63. The van der Waals surface area contributed by atoms with Crippen molar-refractivity contribution in [2.75, 3.05) is 25.6 Å². The molecule has 0 atom stereocenters. The molecule has 0 aromatic heterocycles. The second kappa shape index (κ2) is 8.09. The van der Waals surface area contributed by atoms with Gasteiger partial charge in [0, 0.05) is 18.4 Å². The first-order valence-corrected chi connectivity index (χ1v) is 8.27. The number of methoxy groups -OCH3 is 1. The average molecular weight is 362 g/mol. The minimum Gasteiger partial charge on any atom is -0.486 e. The van der Waals surface area contributed by atoms with E-state index in [2.05, 4.69) is 10.3 Å². The number of hydrogen-bond donors (Lipinski definition) is 2. The van der Waals surface area contributed by atoms with E-state index in [0.717, 1.165) is 16.8 Å². The summed E-state index contributed by atoms with van der Waals surface area (Å²) in [6.45, 7) is 1.88. The summed E-state index contributed by atoms with van der Waals surface area (Å²) in [7, 11) is 1.65. The molecule has 2 aromatic rings. The highest BCUT2D eigenvalue weighted by Gasteiger charge is 2.16. The van der Waals surface area contributed by atoms with E-state index in [-0.39, 0.29) is 0 Å². The molecular weight excluding hydrogens is 342 g/mol. The Hall–Kier alpha value is -2.44. The number of nitrogens with one attached hydrogen (secondary N) is 1. The van der Waals surface area contributed by atoms with Gasteiger partial charge in [-0.1, -0.05) is 29.8 Å². The Morgan fingerprint density at radius 2 is 2.08 bits per heavy atom. The summed E-state index contributed by atoms with van der Waals surface area (Å²) >= 11 is 6.23. The molecule has 25 heavy (non-hydrogen) atoms. The molecule has 3 N–H and O–H groups in total. The quantitative estimate of drug-likeness (QED) is 0.631. The summed E-state index contributed by atoms with van der Waals surface area (Å²) in [5.41, 5.74) is 8.77. The minimum atomic E-state index is 0.314. The first-order chi connectivity index (χ1) is 12.2. The fourth-order valence-corrected chi connectivity index (χ4v) is 2.82. The van der Waals surface area contributed by atoms with Gasteiger partial charge in [0.25, 0.3) is 0 Å². The average Bonchev–Trinajstić information content (AvgIpc) is 2.62. The van der Waals surface area contributed by atoms with Crippen LogP contribution in [0.5, 0.6) is 11.5 Å². The van der Waals surface area contributed by atoms with Crippen LogP contribution in [0.15, 0.2) is 41.4 Å². The lowest BCUT2D eigenvalue weighted by Gasteiger charge is -2.20. The predicted octanol–water partition coefficient (Wildman–Crippen LogP) is 3.18. The molecule has 0 fully saturated rings. The topological polar surface area (TPSA) is 78.1 Å². The zero-order valence-corrected chi connectivity index (χ0v) is 14.7. The number of halogens is 1. The van der Waals surface area contributed by atoms with Gasteiger partial charge in [0.2, 0.25) is 0 Å². The monoisotopic (exact) mass is 361 g/mol. The van der Waals surface area contributed by atoms with Crippen LogP contribution in [0.4, 0.5) is 5.69 Å². The van der Waals surface area contributed by atoms with Crippen LogP contribution in [0.25, 0.3) is 0 Å². The third kappa shape index (κ3) is 4.35. The molecule has 6 nitrogen and oxygen atoms in total. The van der Waals surface area contributed by atoms with Crippen LogP contribution in [0.2, 0.25) is 5.02 Å². The number of anilines is 1. The van der Waals surface area contributed by atoms with Crippen LogP contribution in [0.3, 0.4) is 0 Å².